The Bertz CT molecular complexity index is 710. The first-order chi connectivity index (χ1) is 11.9. The third kappa shape index (κ3) is 4.66. The zero-order chi connectivity index (χ0) is 18.4. The lowest BCUT2D eigenvalue weighted by molar-refractivity contribution is 0.102. The first kappa shape index (κ1) is 18.6. The third-order valence-corrected chi connectivity index (χ3v) is 3.93. The van der Waals surface area contributed by atoms with Crippen molar-refractivity contribution in [1.82, 2.24) is 9.97 Å². The molecule has 0 aliphatic heterocycles. The van der Waals surface area contributed by atoms with Gasteiger partial charge in [0, 0.05) is 24.6 Å². The van der Waals surface area contributed by atoms with Gasteiger partial charge in [-0.2, -0.15) is 0 Å². The summed E-state index contributed by atoms with van der Waals surface area (Å²) in [5.41, 5.74) is 3.58. The predicted octanol–water partition coefficient (Wildman–Crippen LogP) is 4.57. The molecule has 0 saturated heterocycles. The smallest absolute Gasteiger partial charge is 0.258 e. The lowest BCUT2D eigenvalue weighted by atomic mass is 9.92. The van der Waals surface area contributed by atoms with Gasteiger partial charge in [-0.05, 0) is 23.0 Å². The molecule has 25 heavy (non-hydrogen) atoms. The SMILES string of the molecule is C=CCNc1ncc(C(=O)Nc2c(C(C)C)cccc2C(C)C)cn1. The second-order valence-electron chi connectivity index (χ2n) is 6.54. The van der Waals surface area contributed by atoms with Crippen LogP contribution in [0.5, 0.6) is 0 Å². The standard InChI is InChI=1S/C20H26N4O/c1-6-10-21-20-22-11-15(12-23-20)19(25)24-18-16(13(2)3)8-7-9-17(18)14(4)5/h6-9,11-14H,1,10H2,2-5H3,(H,24,25)(H,21,22,23). The van der Waals surface area contributed by atoms with E-state index in [1.807, 2.05) is 6.07 Å². The van der Waals surface area contributed by atoms with E-state index < -0.39 is 0 Å². The number of benzene rings is 1. The fraction of sp³-hybridized carbons (Fsp3) is 0.350. The van der Waals surface area contributed by atoms with Gasteiger partial charge < -0.3 is 10.6 Å². The van der Waals surface area contributed by atoms with Gasteiger partial charge in [0.2, 0.25) is 5.95 Å². The molecule has 1 amide bonds. The average Bonchev–Trinajstić information content (AvgIpc) is 2.60. The number of carbonyl (C=O) groups excluding carboxylic acids is 1. The van der Waals surface area contributed by atoms with Crippen molar-refractivity contribution in [3.63, 3.8) is 0 Å². The summed E-state index contributed by atoms with van der Waals surface area (Å²) in [7, 11) is 0. The molecule has 5 nitrogen and oxygen atoms in total. The first-order valence-corrected chi connectivity index (χ1v) is 8.55. The highest BCUT2D eigenvalue weighted by Gasteiger charge is 2.17. The van der Waals surface area contributed by atoms with Crippen molar-refractivity contribution in [1.29, 1.82) is 0 Å². The van der Waals surface area contributed by atoms with Crippen molar-refractivity contribution in [2.45, 2.75) is 39.5 Å². The molecule has 1 heterocycles. The summed E-state index contributed by atoms with van der Waals surface area (Å²) in [5.74, 6) is 0.902. The minimum atomic E-state index is -0.203. The molecule has 2 aromatic rings. The van der Waals surface area contributed by atoms with Gasteiger partial charge in [-0.25, -0.2) is 9.97 Å². The highest BCUT2D eigenvalue weighted by Crippen LogP contribution is 2.32. The molecule has 0 spiro atoms. The van der Waals surface area contributed by atoms with E-state index in [0.717, 1.165) is 16.8 Å². The Balaban J connectivity index is 2.26. The molecule has 0 aliphatic rings. The highest BCUT2D eigenvalue weighted by atomic mass is 16.1. The molecule has 0 radical (unpaired) electrons. The lowest BCUT2D eigenvalue weighted by Gasteiger charge is -2.20. The van der Waals surface area contributed by atoms with Crippen LogP contribution in [0.25, 0.3) is 0 Å². The Labute approximate surface area is 149 Å². The van der Waals surface area contributed by atoms with Crippen molar-refractivity contribution in [3.05, 3.63) is 59.9 Å². The zero-order valence-corrected chi connectivity index (χ0v) is 15.3. The van der Waals surface area contributed by atoms with Crippen LogP contribution in [-0.2, 0) is 0 Å². The van der Waals surface area contributed by atoms with Crippen LogP contribution in [0.1, 0.15) is 61.0 Å². The summed E-state index contributed by atoms with van der Waals surface area (Å²) in [6.45, 7) is 12.7. The van der Waals surface area contributed by atoms with Gasteiger partial charge in [0.1, 0.15) is 0 Å². The summed E-state index contributed by atoms with van der Waals surface area (Å²) in [6, 6.07) is 6.17. The Hall–Kier alpha value is -2.69. The number of hydrogen-bond donors (Lipinski definition) is 2. The fourth-order valence-electron chi connectivity index (χ4n) is 2.58. The number of rotatable bonds is 7. The van der Waals surface area contributed by atoms with Crippen molar-refractivity contribution in [2.75, 3.05) is 17.2 Å². The van der Waals surface area contributed by atoms with Crippen LogP contribution in [0.4, 0.5) is 11.6 Å². The van der Waals surface area contributed by atoms with Gasteiger partial charge >= 0.3 is 0 Å². The van der Waals surface area contributed by atoms with E-state index in [2.05, 4.69) is 67.0 Å². The number of nitrogens with one attached hydrogen (secondary N) is 2. The average molecular weight is 338 g/mol. The molecule has 2 rings (SSSR count). The monoisotopic (exact) mass is 338 g/mol. The van der Waals surface area contributed by atoms with Gasteiger partial charge in [0.25, 0.3) is 5.91 Å². The number of nitrogens with zero attached hydrogens (tertiary/aromatic N) is 2. The normalized spacial score (nSPS) is 10.8. The molecular weight excluding hydrogens is 312 g/mol. The number of carbonyl (C=O) groups is 1. The second-order valence-corrected chi connectivity index (χ2v) is 6.54. The van der Waals surface area contributed by atoms with Crippen LogP contribution in [0.15, 0.2) is 43.2 Å². The summed E-state index contributed by atoms with van der Waals surface area (Å²) in [6.07, 6.45) is 4.78. The molecule has 2 N–H and O–H groups in total. The van der Waals surface area contributed by atoms with Crippen LogP contribution in [0.2, 0.25) is 0 Å². The second kappa shape index (κ2) is 8.42. The van der Waals surface area contributed by atoms with Crippen LogP contribution < -0.4 is 10.6 Å². The first-order valence-electron chi connectivity index (χ1n) is 8.55. The maximum absolute atomic E-state index is 12.7. The van der Waals surface area contributed by atoms with E-state index in [1.165, 1.54) is 12.4 Å². The van der Waals surface area contributed by atoms with Crippen LogP contribution in [0, 0.1) is 0 Å². The minimum absolute atomic E-state index is 0.203. The van der Waals surface area contributed by atoms with E-state index >= 15 is 0 Å². The molecule has 1 aromatic carbocycles. The maximum atomic E-state index is 12.7. The largest absolute Gasteiger partial charge is 0.351 e. The van der Waals surface area contributed by atoms with Crippen LogP contribution in [-0.4, -0.2) is 22.4 Å². The van der Waals surface area contributed by atoms with Gasteiger partial charge in [-0.1, -0.05) is 52.0 Å². The number of para-hydroxylation sites is 1. The quantitative estimate of drug-likeness (QED) is 0.726. The number of amides is 1. The summed E-state index contributed by atoms with van der Waals surface area (Å²) in [5, 5.41) is 6.05. The van der Waals surface area contributed by atoms with E-state index in [0.29, 0.717) is 29.9 Å². The summed E-state index contributed by atoms with van der Waals surface area (Å²) >= 11 is 0. The maximum Gasteiger partial charge on any atom is 0.258 e. The molecular formula is C20H26N4O. The van der Waals surface area contributed by atoms with E-state index in [1.54, 1.807) is 6.08 Å². The van der Waals surface area contributed by atoms with Gasteiger partial charge in [-0.3, -0.25) is 4.79 Å². The van der Waals surface area contributed by atoms with Crippen LogP contribution >= 0.6 is 0 Å². The zero-order valence-electron chi connectivity index (χ0n) is 15.3. The molecule has 0 unspecified atom stereocenters. The van der Waals surface area contributed by atoms with E-state index in [-0.39, 0.29) is 5.91 Å². The van der Waals surface area contributed by atoms with E-state index in [4.69, 9.17) is 0 Å². The predicted molar refractivity (Wildman–Crippen MR) is 103 cm³/mol. The highest BCUT2D eigenvalue weighted by molar-refractivity contribution is 6.04. The van der Waals surface area contributed by atoms with Crippen molar-refractivity contribution >= 4 is 17.5 Å². The fourth-order valence-corrected chi connectivity index (χ4v) is 2.58. The lowest BCUT2D eigenvalue weighted by Crippen LogP contribution is -2.17. The number of anilines is 2. The summed E-state index contributed by atoms with van der Waals surface area (Å²) < 4.78 is 0. The number of hydrogen-bond acceptors (Lipinski definition) is 4. The molecule has 0 fully saturated rings. The molecule has 1 aromatic heterocycles. The molecule has 132 valence electrons. The summed E-state index contributed by atoms with van der Waals surface area (Å²) in [4.78, 5) is 21.0. The molecule has 0 saturated carbocycles. The topological polar surface area (TPSA) is 66.9 Å². The van der Waals surface area contributed by atoms with Gasteiger partial charge in [0.15, 0.2) is 0 Å². The van der Waals surface area contributed by atoms with Crippen molar-refractivity contribution < 1.29 is 4.79 Å². The van der Waals surface area contributed by atoms with Gasteiger partial charge in [0.05, 0.1) is 5.56 Å². The van der Waals surface area contributed by atoms with Crippen molar-refractivity contribution in [2.24, 2.45) is 0 Å². The van der Waals surface area contributed by atoms with E-state index in [9.17, 15) is 4.79 Å². The Kier molecular flexibility index (Phi) is 6.28. The number of aromatic nitrogens is 2. The Morgan fingerprint density at radius 2 is 1.68 bits per heavy atom. The van der Waals surface area contributed by atoms with Crippen LogP contribution in [0.3, 0.4) is 0 Å². The third-order valence-electron chi connectivity index (χ3n) is 3.93. The minimum Gasteiger partial charge on any atom is -0.351 e. The van der Waals surface area contributed by atoms with Gasteiger partial charge in [-0.15, -0.1) is 6.58 Å². The molecule has 0 atom stereocenters. The molecule has 0 bridgehead atoms. The van der Waals surface area contributed by atoms with Crippen molar-refractivity contribution in [3.8, 4) is 0 Å². The Morgan fingerprint density at radius 1 is 1.12 bits per heavy atom. The molecule has 0 aliphatic carbocycles. The Morgan fingerprint density at radius 3 is 2.16 bits per heavy atom. The molecule has 5 heteroatoms.